The summed E-state index contributed by atoms with van der Waals surface area (Å²) in [5.41, 5.74) is -3.74. The van der Waals surface area contributed by atoms with E-state index in [1.807, 2.05) is 0 Å². The smallest absolute Gasteiger partial charge is 0.384 e. The molecule has 4 rings (SSSR count). The molecule has 1 aromatic rings. The van der Waals surface area contributed by atoms with Crippen LogP contribution in [0.25, 0.3) is 4.85 Å². The van der Waals surface area contributed by atoms with E-state index in [1.165, 1.54) is 6.07 Å². The number of hydrogen-bond donors (Lipinski definition) is 0. The lowest BCUT2D eigenvalue weighted by Gasteiger charge is -2.34. The molecular weight excluding hydrogens is 389 g/mol. The zero-order valence-corrected chi connectivity index (χ0v) is 16.0. The molecule has 2 unspecified atom stereocenters. The van der Waals surface area contributed by atoms with Gasteiger partial charge in [0.05, 0.1) is 41.8 Å². The van der Waals surface area contributed by atoms with Gasteiger partial charge in [-0.25, -0.2) is 9.74 Å². The lowest BCUT2D eigenvalue weighted by Crippen LogP contribution is -2.47. The van der Waals surface area contributed by atoms with Gasteiger partial charge >= 0.3 is 6.18 Å². The third kappa shape index (κ3) is 2.55. The number of ether oxygens (including phenoxy) is 2. The van der Waals surface area contributed by atoms with Crippen LogP contribution in [-0.2, 0) is 25.2 Å². The van der Waals surface area contributed by atoms with Crippen molar-refractivity contribution < 1.29 is 32.2 Å². The summed E-state index contributed by atoms with van der Waals surface area (Å²) < 4.78 is 51.5. The van der Waals surface area contributed by atoms with E-state index < -0.39 is 52.3 Å². The summed E-state index contributed by atoms with van der Waals surface area (Å²) in [6.45, 7) is 10.8. The van der Waals surface area contributed by atoms with Gasteiger partial charge in [-0.1, -0.05) is 6.07 Å². The van der Waals surface area contributed by atoms with Crippen molar-refractivity contribution in [3.8, 4) is 0 Å². The lowest BCUT2D eigenvalue weighted by atomic mass is 9.64. The van der Waals surface area contributed by atoms with Crippen LogP contribution in [0.15, 0.2) is 18.2 Å². The molecule has 1 aromatic carbocycles. The Kier molecular flexibility index (Phi) is 4.13. The molecule has 0 radical (unpaired) electrons. The molecule has 3 aliphatic heterocycles. The molecule has 154 valence electrons. The van der Waals surface area contributed by atoms with Gasteiger partial charge in [-0.2, -0.15) is 13.2 Å². The minimum absolute atomic E-state index is 0.106. The van der Waals surface area contributed by atoms with E-state index in [0.717, 1.165) is 11.0 Å². The van der Waals surface area contributed by atoms with Gasteiger partial charge in [-0.05, 0) is 32.4 Å². The molecule has 29 heavy (non-hydrogen) atoms. The van der Waals surface area contributed by atoms with Crippen molar-refractivity contribution in [2.24, 2.45) is 17.8 Å². The minimum Gasteiger partial charge on any atom is -0.384 e. The van der Waals surface area contributed by atoms with Crippen LogP contribution in [0.5, 0.6) is 0 Å². The fraction of sp³-hybridized carbons (Fsp3) is 0.550. The number of halogens is 3. The molecule has 3 saturated heterocycles. The molecule has 3 heterocycles. The minimum atomic E-state index is -4.78. The predicted molar refractivity (Wildman–Crippen MR) is 95.1 cm³/mol. The van der Waals surface area contributed by atoms with E-state index in [4.69, 9.17) is 16.0 Å². The molecule has 2 amide bonds. The van der Waals surface area contributed by atoms with Crippen molar-refractivity contribution in [1.29, 1.82) is 0 Å². The van der Waals surface area contributed by atoms with Crippen molar-refractivity contribution in [2.45, 2.75) is 37.6 Å². The van der Waals surface area contributed by atoms with Crippen molar-refractivity contribution in [3.63, 3.8) is 0 Å². The molecule has 5 atom stereocenters. The number of imide groups is 1. The first-order valence-electron chi connectivity index (χ1n) is 9.13. The third-order valence-electron chi connectivity index (χ3n) is 6.53. The van der Waals surface area contributed by atoms with Gasteiger partial charge in [-0.15, -0.1) is 0 Å². The summed E-state index contributed by atoms with van der Waals surface area (Å²) >= 11 is 0. The molecule has 2 bridgehead atoms. The van der Waals surface area contributed by atoms with Crippen LogP contribution in [0.4, 0.5) is 24.5 Å². The monoisotopic (exact) mass is 408 g/mol. The fourth-order valence-electron chi connectivity index (χ4n) is 5.36. The largest absolute Gasteiger partial charge is 0.407 e. The number of fused-ring (bicyclic) bond motifs is 5. The SMILES string of the molecule is [C-]#[N+]c1ccc(N2C(=O)[C@@H]3[C@H](C2=O)C2(C)C[C@@H](COC)C3(C)O2)cc1C(F)(F)F. The summed E-state index contributed by atoms with van der Waals surface area (Å²) in [5.74, 6) is -2.79. The summed E-state index contributed by atoms with van der Waals surface area (Å²) in [7, 11) is 1.54. The molecule has 0 aromatic heterocycles. The second-order valence-corrected chi connectivity index (χ2v) is 8.23. The Balaban J connectivity index is 1.78. The molecular formula is C20H19F3N2O4. The van der Waals surface area contributed by atoms with Crippen LogP contribution >= 0.6 is 0 Å². The van der Waals surface area contributed by atoms with E-state index in [1.54, 1.807) is 21.0 Å². The first-order chi connectivity index (χ1) is 13.5. The number of methoxy groups -OCH3 is 1. The molecule has 3 fully saturated rings. The van der Waals surface area contributed by atoms with Gasteiger partial charge < -0.3 is 9.47 Å². The maximum atomic E-state index is 13.4. The molecule has 9 heteroatoms. The Hall–Kier alpha value is -2.44. The van der Waals surface area contributed by atoms with E-state index in [2.05, 4.69) is 4.85 Å². The number of carbonyl (C=O) groups excluding carboxylic acids is 2. The molecule has 0 N–H and O–H groups in total. The second kappa shape index (κ2) is 6.03. The van der Waals surface area contributed by atoms with Gasteiger partial charge in [0.25, 0.3) is 0 Å². The molecule has 6 nitrogen and oxygen atoms in total. The Morgan fingerprint density at radius 1 is 1.28 bits per heavy atom. The predicted octanol–water partition coefficient (Wildman–Crippen LogP) is 3.58. The first kappa shape index (κ1) is 19.9. The fourth-order valence-corrected chi connectivity index (χ4v) is 5.36. The maximum absolute atomic E-state index is 13.4. The standard InChI is InChI=1S/C20H19F3N2O4/c1-18-8-10(9-28-4)19(2,29-18)15-14(18)16(26)25(17(15)27)11-5-6-13(24-3)12(7-11)20(21,22)23/h5-7,10,14-15H,8-9H2,1-2,4H3/t10-,14+,15-,18?,19?/m0/s1. The highest BCUT2D eigenvalue weighted by atomic mass is 19.4. The molecule has 0 saturated carbocycles. The number of rotatable bonds is 3. The molecule has 0 spiro atoms. The van der Waals surface area contributed by atoms with E-state index >= 15 is 0 Å². The van der Waals surface area contributed by atoms with Gasteiger partial charge in [0, 0.05) is 18.7 Å². The molecule has 3 aliphatic rings. The highest BCUT2D eigenvalue weighted by Crippen LogP contribution is 2.63. The quantitative estimate of drug-likeness (QED) is 0.567. The summed E-state index contributed by atoms with van der Waals surface area (Å²) in [5, 5.41) is 0. The highest BCUT2D eigenvalue weighted by molar-refractivity contribution is 6.23. The van der Waals surface area contributed by atoms with Crippen LogP contribution in [0.3, 0.4) is 0 Å². The summed E-state index contributed by atoms with van der Waals surface area (Å²) in [4.78, 5) is 30.1. The van der Waals surface area contributed by atoms with Crippen LogP contribution in [0, 0.1) is 24.3 Å². The average molecular weight is 408 g/mol. The second-order valence-electron chi connectivity index (χ2n) is 8.23. The van der Waals surface area contributed by atoms with Gasteiger partial charge in [0.15, 0.2) is 5.69 Å². The topological polar surface area (TPSA) is 60.2 Å². The zero-order valence-electron chi connectivity index (χ0n) is 16.0. The Morgan fingerprint density at radius 2 is 1.93 bits per heavy atom. The Labute approximate surface area is 165 Å². The summed E-state index contributed by atoms with van der Waals surface area (Å²) in [6, 6.07) is 2.89. The highest BCUT2D eigenvalue weighted by Gasteiger charge is 2.75. The number of nitrogens with zero attached hydrogens (tertiary/aromatic N) is 2. The van der Waals surface area contributed by atoms with Crippen molar-refractivity contribution >= 4 is 23.2 Å². The van der Waals surface area contributed by atoms with Crippen molar-refractivity contribution in [3.05, 3.63) is 35.2 Å². The van der Waals surface area contributed by atoms with E-state index in [-0.39, 0.29) is 11.6 Å². The normalized spacial score (nSPS) is 35.9. The average Bonchev–Trinajstić information content (AvgIpc) is 3.15. The molecule has 0 aliphatic carbocycles. The van der Waals surface area contributed by atoms with Crippen LogP contribution in [0.1, 0.15) is 25.8 Å². The number of anilines is 1. The number of benzene rings is 1. The van der Waals surface area contributed by atoms with E-state index in [0.29, 0.717) is 19.1 Å². The summed E-state index contributed by atoms with van der Waals surface area (Å²) in [6.07, 6.45) is -4.25. The number of alkyl halides is 3. The lowest BCUT2D eigenvalue weighted by molar-refractivity contribution is -0.137. The van der Waals surface area contributed by atoms with Crippen LogP contribution in [0.2, 0.25) is 0 Å². The van der Waals surface area contributed by atoms with Gasteiger partial charge in [0.2, 0.25) is 11.8 Å². The number of hydrogen-bond acceptors (Lipinski definition) is 4. The van der Waals surface area contributed by atoms with Crippen LogP contribution < -0.4 is 4.90 Å². The Morgan fingerprint density at radius 3 is 2.52 bits per heavy atom. The zero-order chi connectivity index (χ0) is 21.4. The third-order valence-corrected chi connectivity index (χ3v) is 6.53. The number of amides is 2. The number of carbonyl (C=O) groups is 2. The van der Waals surface area contributed by atoms with Gasteiger partial charge in [-0.3, -0.25) is 9.59 Å². The first-order valence-corrected chi connectivity index (χ1v) is 9.13. The van der Waals surface area contributed by atoms with Crippen LogP contribution in [-0.4, -0.2) is 36.7 Å². The van der Waals surface area contributed by atoms with Crippen molar-refractivity contribution in [1.82, 2.24) is 0 Å². The van der Waals surface area contributed by atoms with Gasteiger partial charge in [0.1, 0.15) is 0 Å². The maximum Gasteiger partial charge on any atom is 0.407 e. The van der Waals surface area contributed by atoms with E-state index in [9.17, 15) is 22.8 Å². The Bertz CT molecular complexity index is 956. The van der Waals surface area contributed by atoms with Crippen molar-refractivity contribution in [2.75, 3.05) is 18.6 Å².